The third-order valence-corrected chi connectivity index (χ3v) is 5.23. The van der Waals surface area contributed by atoms with Gasteiger partial charge in [0.1, 0.15) is 6.61 Å². The normalized spacial score (nSPS) is 23.0. The van der Waals surface area contributed by atoms with Gasteiger partial charge < -0.3 is 0 Å². The minimum atomic E-state index is -6.45. The fourth-order valence-electron chi connectivity index (χ4n) is 2.75. The van der Waals surface area contributed by atoms with Crippen molar-refractivity contribution < 1.29 is 40.4 Å². The van der Waals surface area contributed by atoms with E-state index in [2.05, 4.69) is 0 Å². The molecule has 1 amide bonds. The van der Waals surface area contributed by atoms with Crippen LogP contribution in [0.15, 0.2) is 40.0 Å². The predicted octanol–water partition coefficient (Wildman–Crippen LogP) is 5.51. The van der Waals surface area contributed by atoms with Crippen molar-refractivity contribution in [3.63, 3.8) is 0 Å². The first-order valence-electron chi connectivity index (χ1n) is 7.87. The molecule has 3 nitrogen and oxygen atoms in total. The third-order valence-electron chi connectivity index (χ3n) is 4.47. The number of nitrogens with zero attached hydrogens (tertiary/aromatic N) is 1. The Labute approximate surface area is 169 Å². The largest absolute Gasteiger partial charge is 0.459 e. The summed E-state index contributed by atoms with van der Waals surface area (Å²) >= 11 is 1.61. The number of hydrogen-bond donors (Lipinski definition) is 0. The van der Waals surface area contributed by atoms with Crippen LogP contribution in [0.2, 0.25) is 0 Å². The Kier molecular flexibility index (Phi) is 6.39. The van der Waals surface area contributed by atoms with E-state index in [9.17, 15) is 35.5 Å². The van der Waals surface area contributed by atoms with Crippen LogP contribution in [0.3, 0.4) is 0 Å². The number of rotatable bonds is 6. The standard InChI is InChI=1S/C17H15F7INO2/c1-14(10-15(18,19)16(20,21)17(22,23)24)12(7-25)8-26(13(14)27)28-9-11-5-3-2-4-6-11/h2-7H,8-10H2,1H3/b12-7+/t14-/m0/s1. The van der Waals surface area contributed by atoms with Gasteiger partial charge in [-0.15, -0.1) is 0 Å². The van der Waals surface area contributed by atoms with Gasteiger partial charge in [0.05, 0.1) is 12.0 Å². The van der Waals surface area contributed by atoms with Crippen molar-refractivity contribution in [2.24, 2.45) is 5.41 Å². The molecule has 1 saturated heterocycles. The lowest BCUT2D eigenvalue weighted by molar-refractivity contribution is -0.358. The topological polar surface area (TPSA) is 29.5 Å². The molecule has 1 aliphatic heterocycles. The molecule has 1 aromatic rings. The molecule has 0 unspecified atom stereocenters. The minimum Gasteiger partial charge on any atom is -0.272 e. The summed E-state index contributed by atoms with van der Waals surface area (Å²) in [6, 6.07) is 8.48. The van der Waals surface area contributed by atoms with Crippen molar-refractivity contribution in [3.05, 3.63) is 45.6 Å². The zero-order valence-electron chi connectivity index (χ0n) is 14.4. The zero-order valence-corrected chi connectivity index (χ0v) is 16.5. The summed E-state index contributed by atoms with van der Waals surface area (Å²) in [7, 11) is 0. The van der Waals surface area contributed by atoms with E-state index in [1.54, 1.807) is 52.9 Å². The lowest BCUT2D eigenvalue weighted by Gasteiger charge is -2.33. The van der Waals surface area contributed by atoms with Crippen molar-refractivity contribution in [2.75, 3.05) is 6.54 Å². The van der Waals surface area contributed by atoms with E-state index < -0.39 is 35.8 Å². The lowest BCUT2D eigenvalue weighted by atomic mass is 9.78. The molecule has 156 valence electrons. The fraction of sp³-hybridized carbons (Fsp3) is 0.471. The average Bonchev–Trinajstić information content (AvgIpc) is 2.83. The first kappa shape index (κ1) is 22.9. The van der Waals surface area contributed by atoms with Crippen LogP contribution in [-0.2, 0) is 16.2 Å². The van der Waals surface area contributed by atoms with Crippen molar-refractivity contribution >= 4 is 28.5 Å². The van der Waals surface area contributed by atoms with E-state index in [1.165, 1.54) is 4.08 Å². The second kappa shape index (κ2) is 7.81. The lowest BCUT2D eigenvalue weighted by Crippen LogP contribution is -2.54. The van der Waals surface area contributed by atoms with E-state index >= 15 is 0 Å². The van der Waals surface area contributed by atoms with Crippen LogP contribution in [-0.4, -0.2) is 35.5 Å². The summed E-state index contributed by atoms with van der Waals surface area (Å²) in [6.07, 6.45) is -8.46. The maximum absolute atomic E-state index is 13.9. The van der Waals surface area contributed by atoms with Crippen molar-refractivity contribution in [1.29, 1.82) is 0 Å². The van der Waals surface area contributed by atoms with Gasteiger partial charge in [0.25, 0.3) is 5.91 Å². The van der Waals surface area contributed by atoms with Gasteiger partial charge >= 0.3 is 18.0 Å². The van der Waals surface area contributed by atoms with Gasteiger partial charge in [0.15, 0.2) is 0 Å². The molecule has 0 aromatic heterocycles. The molecule has 28 heavy (non-hydrogen) atoms. The van der Waals surface area contributed by atoms with E-state index in [1.807, 2.05) is 0 Å². The molecule has 2 rings (SSSR count). The number of hydroxylamine groups is 2. The van der Waals surface area contributed by atoms with Crippen molar-refractivity contribution in [2.45, 2.75) is 38.0 Å². The molecule has 0 bridgehead atoms. The molecular weight excluding hydrogens is 510 g/mol. The molecule has 1 fully saturated rings. The van der Waals surface area contributed by atoms with E-state index in [0.717, 1.165) is 6.92 Å². The Morgan fingerprint density at radius 2 is 1.71 bits per heavy atom. The van der Waals surface area contributed by atoms with E-state index in [-0.39, 0.29) is 18.7 Å². The molecule has 1 heterocycles. The molecule has 0 saturated carbocycles. The van der Waals surface area contributed by atoms with Crippen LogP contribution < -0.4 is 0 Å². The van der Waals surface area contributed by atoms with Gasteiger partial charge in [-0.25, -0.2) is 5.06 Å². The monoisotopic (exact) mass is 525 g/mol. The Balaban J connectivity index is 2.23. The summed E-state index contributed by atoms with van der Waals surface area (Å²) in [5.41, 5.74) is -1.66. The van der Waals surface area contributed by atoms with Gasteiger partial charge in [-0.05, 0) is 22.1 Å². The third kappa shape index (κ3) is 4.14. The van der Waals surface area contributed by atoms with Crippen molar-refractivity contribution in [1.82, 2.24) is 5.06 Å². The number of hydrogen-bond acceptors (Lipinski definition) is 2. The molecule has 0 radical (unpaired) electrons. The Bertz CT molecular complexity index is 752. The van der Waals surface area contributed by atoms with Crippen LogP contribution >= 0.6 is 22.6 Å². The Morgan fingerprint density at radius 3 is 2.21 bits per heavy atom. The number of carbonyl (C=O) groups is 1. The fourth-order valence-corrected chi connectivity index (χ4v) is 3.64. The van der Waals surface area contributed by atoms with Crippen molar-refractivity contribution in [3.8, 4) is 0 Å². The summed E-state index contributed by atoms with van der Waals surface area (Å²) in [6.45, 7) is 0.483. The molecular formula is C17H15F7INO2. The highest BCUT2D eigenvalue weighted by atomic mass is 127. The quantitative estimate of drug-likeness (QED) is 0.363. The van der Waals surface area contributed by atoms with Gasteiger partial charge in [-0.3, -0.25) is 9.63 Å². The molecule has 1 aromatic carbocycles. The van der Waals surface area contributed by atoms with Crippen LogP contribution in [0.5, 0.6) is 0 Å². The number of benzene rings is 1. The van der Waals surface area contributed by atoms with Crippen LogP contribution in [0.4, 0.5) is 30.7 Å². The number of halogens is 8. The van der Waals surface area contributed by atoms with E-state index in [4.69, 9.17) is 4.84 Å². The Hall–Kier alpha value is -1.37. The van der Waals surface area contributed by atoms with Gasteiger partial charge in [-0.1, -0.05) is 52.9 Å². The molecule has 0 spiro atoms. The van der Waals surface area contributed by atoms with E-state index in [0.29, 0.717) is 10.6 Å². The Morgan fingerprint density at radius 1 is 1.14 bits per heavy atom. The predicted molar refractivity (Wildman–Crippen MR) is 93.7 cm³/mol. The smallest absolute Gasteiger partial charge is 0.272 e. The highest BCUT2D eigenvalue weighted by molar-refractivity contribution is 14.1. The highest BCUT2D eigenvalue weighted by Crippen LogP contribution is 2.54. The number of carbonyl (C=O) groups excluding carboxylic acids is 1. The average molecular weight is 525 g/mol. The minimum absolute atomic E-state index is 0.0381. The van der Waals surface area contributed by atoms with Gasteiger partial charge in [-0.2, -0.15) is 30.7 Å². The van der Waals surface area contributed by atoms with Crippen LogP contribution in [0.1, 0.15) is 18.9 Å². The van der Waals surface area contributed by atoms with Crippen LogP contribution in [0, 0.1) is 5.41 Å². The highest BCUT2D eigenvalue weighted by Gasteiger charge is 2.74. The number of amides is 1. The molecule has 1 aliphatic rings. The summed E-state index contributed by atoms with van der Waals surface area (Å²) in [4.78, 5) is 17.9. The summed E-state index contributed by atoms with van der Waals surface area (Å²) in [5, 5.41) is 0.708. The summed E-state index contributed by atoms with van der Waals surface area (Å²) in [5.74, 6) is -12.9. The van der Waals surface area contributed by atoms with Gasteiger partial charge in [0, 0.05) is 6.42 Å². The second-order valence-corrected chi connectivity index (χ2v) is 7.14. The molecule has 0 N–H and O–H groups in total. The number of alkyl halides is 7. The summed E-state index contributed by atoms with van der Waals surface area (Å²) < 4.78 is 93.0. The van der Waals surface area contributed by atoms with Gasteiger partial charge in [0.2, 0.25) is 0 Å². The maximum Gasteiger partial charge on any atom is 0.459 e. The zero-order chi connectivity index (χ0) is 21.4. The maximum atomic E-state index is 13.9. The first-order chi connectivity index (χ1) is 12.8. The SMILES string of the molecule is C[C@@]1(CC(F)(F)C(F)(F)C(F)(F)F)C(=O)N(OCc2ccccc2)C/C1=C\I. The molecule has 0 aliphatic carbocycles. The first-order valence-corrected chi connectivity index (χ1v) is 9.12. The second-order valence-electron chi connectivity index (χ2n) is 6.52. The van der Waals surface area contributed by atoms with Crippen LogP contribution in [0.25, 0.3) is 0 Å². The molecule has 11 heteroatoms. The molecule has 1 atom stereocenters.